The molecule has 0 saturated carbocycles. The fourth-order valence-corrected chi connectivity index (χ4v) is 1.93. The van der Waals surface area contributed by atoms with Crippen molar-refractivity contribution in [1.29, 1.82) is 0 Å². The van der Waals surface area contributed by atoms with E-state index in [1.54, 1.807) is 0 Å². The van der Waals surface area contributed by atoms with Crippen LogP contribution >= 0.6 is 0 Å². The van der Waals surface area contributed by atoms with Gasteiger partial charge in [-0.2, -0.15) is 0 Å². The summed E-state index contributed by atoms with van der Waals surface area (Å²) in [6.45, 7) is 4.72. The Morgan fingerprint density at radius 3 is 2.47 bits per heavy atom. The zero-order chi connectivity index (χ0) is 12.6. The van der Waals surface area contributed by atoms with Crippen LogP contribution in [0.4, 0.5) is 13.2 Å². The zero-order valence-electron chi connectivity index (χ0n) is 9.69. The summed E-state index contributed by atoms with van der Waals surface area (Å²) in [5.74, 6) is -3.03. The van der Waals surface area contributed by atoms with E-state index in [1.165, 1.54) is 0 Å². The molecule has 1 aliphatic rings. The zero-order valence-corrected chi connectivity index (χ0v) is 9.69. The van der Waals surface area contributed by atoms with Crippen molar-refractivity contribution in [2.75, 3.05) is 13.1 Å². The molecule has 0 bridgehead atoms. The van der Waals surface area contributed by atoms with Gasteiger partial charge in [0.2, 0.25) is 0 Å². The lowest BCUT2D eigenvalue weighted by Gasteiger charge is -2.36. The van der Waals surface area contributed by atoms with Gasteiger partial charge in [0.15, 0.2) is 11.6 Å². The summed E-state index contributed by atoms with van der Waals surface area (Å²) in [4.78, 5) is 0. The first kappa shape index (κ1) is 12.4. The summed E-state index contributed by atoms with van der Waals surface area (Å²) in [5.41, 5.74) is -0.413. The largest absolute Gasteiger partial charge is 0.365 e. The Kier molecular flexibility index (Phi) is 3.14. The van der Waals surface area contributed by atoms with Gasteiger partial charge in [0, 0.05) is 24.7 Å². The highest BCUT2D eigenvalue weighted by Crippen LogP contribution is 2.29. The maximum atomic E-state index is 13.6. The molecule has 0 amide bonds. The van der Waals surface area contributed by atoms with Crippen LogP contribution in [0.5, 0.6) is 0 Å². The standard InChI is InChI=1S/C12H14F3NO/c1-12(2)6-16-5-11(17-12)7-3-9(14)10(15)4-8(7)13/h3-4,11,16H,5-6H2,1-2H3. The predicted octanol–water partition coefficient (Wildman–Crippen LogP) is 2.54. The second kappa shape index (κ2) is 4.31. The third kappa shape index (κ3) is 2.61. The topological polar surface area (TPSA) is 21.3 Å². The van der Waals surface area contributed by atoms with Crippen LogP contribution in [0.1, 0.15) is 25.5 Å². The minimum Gasteiger partial charge on any atom is -0.365 e. The molecule has 2 rings (SSSR count). The Morgan fingerprint density at radius 1 is 1.18 bits per heavy atom. The quantitative estimate of drug-likeness (QED) is 0.768. The molecule has 5 heteroatoms. The Bertz CT molecular complexity index is 434. The van der Waals surface area contributed by atoms with Crippen LogP contribution in [-0.4, -0.2) is 18.7 Å². The molecule has 1 N–H and O–H groups in total. The molecule has 1 heterocycles. The lowest BCUT2D eigenvalue weighted by molar-refractivity contribution is -0.0971. The Labute approximate surface area is 97.8 Å². The van der Waals surface area contributed by atoms with Crippen molar-refractivity contribution in [3.05, 3.63) is 35.1 Å². The van der Waals surface area contributed by atoms with Gasteiger partial charge in [-0.1, -0.05) is 0 Å². The molecule has 0 aliphatic carbocycles. The van der Waals surface area contributed by atoms with Crippen LogP contribution in [0.3, 0.4) is 0 Å². The molecule has 1 aliphatic heterocycles. The highest BCUT2D eigenvalue weighted by Gasteiger charge is 2.31. The van der Waals surface area contributed by atoms with Crippen molar-refractivity contribution in [2.24, 2.45) is 0 Å². The number of rotatable bonds is 1. The lowest BCUT2D eigenvalue weighted by Crippen LogP contribution is -2.47. The molecule has 1 aromatic carbocycles. The van der Waals surface area contributed by atoms with Crippen molar-refractivity contribution < 1.29 is 17.9 Å². The number of morpholine rings is 1. The molecule has 17 heavy (non-hydrogen) atoms. The molecule has 1 fully saturated rings. The van der Waals surface area contributed by atoms with E-state index in [1.807, 2.05) is 13.8 Å². The van der Waals surface area contributed by atoms with Gasteiger partial charge < -0.3 is 10.1 Å². The van der Waals surface area contributed by atoms with E-state index >= 15 is 0 Å². The van der Waals surface area contributed by atoms with E-state index in [0.29, 0.717) is 19.2 Å². The van der Waals surface area contributed by atoms with E-state index in [2.05, 4.69) is 5.32 Å². The number of nitrogens with one attached hydrogen (secondary N) is 1. The van der Waals surface area contributed by atoms with Gasteiger partial charge in [-0.15, -0.1) is 0 Å². The average molecular weight is 245 g/mol. The maximum Gasteiger partial charge on any atom is 0.161 e. The summed E-state index contributed by atoms with van der Waals surface area (Å²) in [6.07, 6.45) is -0.603. The molecule has 0 aromatic heterocycles. The van der Waals surface area contributed by atoms with Crippen LogP contribution < -0.4 is 5.32 Å². The highest BCUT2D eigenvalue weighted by molar-refractivity contribution is 5.23. The minimum atomic E-state index is -1.19. The highest BCUT2D eigenvalue weighted by atomic mass is 19.2. The molecule has 0 radical (unpaired) electrons. The molecule has 1 atom stereocenters. The van der Waals surface area contributed by atoms with Crippen molar-refractivity contribution in [2.45, 2.75) is 25.6 Å². The first-order valence-electron chi connectivity index (χ1n) is 5.42. The smallest absolute Gasteiger partial charge is 0.161 e. The third-order valence-electron chi connectivity index (χ3n) is 2.73. The lowest BCUT2D eigenvalue weighted by atomic mass is 10.0. The minimum absolute atomic E-state index is 0.0455. The Hall–Kier alpha value is -1.07. The molecular formula is C12H14F3NO. The van der Waals surface area contributed by atoms with Gasteiger partial charge in [0.25, 0.3) is 0 Å². The van der Waals surface area contributed by atoms with E-state index in [-0.39, 0.29) is 5.56 Å². The van der Waals surface area contributed by atoms with Crippen molar-refractivity contribution >= 4 is 0 Å². The van der Waals surface area contributed by atoms with Crippen LogP contribution in [0.25, 0.3) is 0 Å². The first-order chi connectivity index (χ1) is 7.89. The van der Waals surface area contributed by atoms with Gasteiger partial charge >= 0.3 is 0 Å². The fraction of sp³-hybridized carbons (Fsp3) is 0.500. The van der Waals surface area contributed by atoms with Crippen LogP contribution in [0.15, 0.2) is 12.1 Å². The summed E-state index contributed by atoms with van der Waals surface area (Å²) in [7, 11) is 0. The van der Waals surface area contributed by atoms with Gasteiger partial charge in [-0.25, -0.2) is 13.2 Å². The molecular weight excluding hydrogens is 231 g/mol. The van der Waals surface area contributed by atoms with E-state index in [0.717, 1.165) is 6.07 Å². The first-order valence-corrected chi connectivity index (χ1v) is 5.42. The Balaban J connectivity index is 2.31. The van der Waals surface area contributed by atoms with Crippen LogP contribution in [-0.2, 0) is 4.74 Å². The van der Waals surface area contributed by atoms with Gasteiger partial charge in [-0.3, -0.25) is 0 Å². The molecule has 2 nitrogen and oxygen atoms in total. The molecule has 1 saturated heterocycles. The molecule has 0 spiro atoms. The van der Waals surface area contributed by atoms with Gasteiger partial charge in [0.1, 0.15) is 5.82 Å². The number of halogens is 3. The third-order valence-corrected chi connectivity index (χ3v) is 2.73. The molecule has 1 aromatic rings. The van der Waals surface area contributed by atoms with Crippen molar-refractivity contribution in [3.8, 4) is 0 Å². The number of ether oxygens (including phenoxy) is 1. The maximum absolute atomic E-state index is 13.6. The summed E-state index contributed by atoms with van der Waals surface area (Å²) in [6, 6.07) is 1.41. The number of hydrogen-bond donors (Lipinski definition) is 1. The number of hydrogen-bond acceptors (Lipinski definition) is 2. The van der Waals surface area contributed by atoms with Crippen LogP contribution in [0, 0.1) is 17.5 Å². The van der Waals surface area contributed by atoms with E-state index in [9.17, 15) is 13.2 Å². The second-order valence-electron chi connectivity index (χ2n) is 4.78. The van der Waals surface area contributed by atoms with Gasteiger partial charge in [-0.05, 0) is 19.9 Å². The van der Waals surface area contributed by atoms with E-state index in [4.69, 9.17) is 4.74 Å². The van der Waals surface area contributed by atoms with Crippen molar-refractivity contribution in [3.63, 3.8) is 0 Å². The number of benzene rings is 1. The monoisotopic (exact) mass is 245 g/mol. The van der Waals surface area contributed by atoms with Crippen LogP contribution in [0.2, 0.25) is 0 Å². The predicted molar refractivity (Wildman–Crippen MR) is 57.1 cm³/mol. The van der Waals surface area contributed by atoms with E-state index < -0.39 is 29.2 Å². The van der Waals surface area contributed by atoms with Crippen molar-refractivity contribution in [1.82, 2.24) is 5.32 Å². The second-order valence-corrected chi connectivity index (χ2v) is 4.78. The van der Waals surface area contributed by atoms with Gasteiger partial charge in [0.05, 0.1) is 11.7 Å². The summed E-state index contributed by atoms with van der Waals surface area (Å²) >= 11 is 0. The normalized spacial score (nSPS) is 23.7. The SMILES string of the molecule is CC1(C)CNCC(c2cc(F)c(F)cc2F)O1. The average Bonchev–Trinajstić information content (AvgIpc) is 2.22. The summed E-state index contributed by atoms with van der Waals surface area (Å²) < 4.78 is 45.1. The Morgan fingerprint density at radius 2 is 1.82 bits per heavy atom. The summed E-state index contributed by atoms with van der Waals surface area (Å²) in [5, 5.41) is 3.08. The molecule has 94 valence electrons. The fourth-order valence-electron chi connectivity index (χ4n) is 1.93. The molecule has 1 unspecified atom stereocenters.